The van der Waals surface area contributed by atoms with E-state index >= 15 is 0 Å². The molecule has 1 aromatic carbocycles. The maximum Gasteiger partial charge on any atom is 0.410 e. The maximum absolute atomic E-state index is 14.9. The van der Waals surface area contributed by atoms with Crippen molar-refractivity contribution in [2.45, 2.75) is 141 Å². The summed E-state index contributed by atoms with van der Waals surface area (Å²) in [5, 5.41) is 0. The number of ether oxygens (including phenoxy) is 2. The lowest BCUT2D eigenvalue weighted by molar-refractivity contribution is -0.160. The van der Waals surface area contributed by atoms with E-state index in [4.69, 9.17) is 9.47 Å². The van der Waals surface area contributed by atoms with Crippen LogP contribution in [0.1, 0.15) is 117 Å². The summed E-state index contributed by atoms with van der Waals surface area (Å²) < 4.78 is 53.8. The number of Topliss-reactive ketones (excluding diaryl/α,β-unsaturated/α-hetero) is 1. The van der Waals surface area contributed by atoms with Gasteiger partial charge in [-0.05, 0) is 95.6 Å². The van der Waals surface area contributed by atoms with Crippen LogP contribution < -0.4 is 4.72 Å². The molecule has 0 spiro atoms. The Morgan fingerprint density at radius 2 is 1.82 bits per heavy atom. The molecule has 5 aliphatic rings. The molecule has 1 N–H and O–H groups in total. The van der Waals surface area contributed by atoms with Crippen molar-refractivity contribution in [2.24, 2.45) is 29.1 Å². The van der Waals surface area contributed by atoms with Crippen LogP contribution in [0, 0.1) is 34.9 Å². The lowest BCUT2D eigenvalue weighted by Gasteiger charge is -2.33. The molecule has 2 saturated carbocycles. The average Bonchev–Trinajstić information content (AvgIpc) is 3.89. The fourth-order valence-electron chi connectivity index (χ4n) is 8.63. The largest absolute Gasteiger partial charge is 0.460 e. The first-order chi connectivity index (χ1) is 25.8. The number of sulfonamides is 1. The van der Waals surface area contributed by atoms with E-state index in [9.17, 15) is 36.8 Å². The number of allylic oxidation sites excluding steroid dienone is 2. The summed E-state index contributed by atoms with van der Waals surface area (Å²) in [5.41, 5.74) is -1.04. The molecule has 1 aromatic rings. The van der Waals surface area contributed by atoms with E-state index in [2.05, 4.69) is 11.6 Å². The van der Waals surface area contributed by atoms with Gasteiger partial charge in [0.05, 0.1) is 41.6 Å². The van der Waals surface area contributed by atoms with E-state index in [0.29, 0.717) is 43.2 Å². The highest BCUT2D eigenvalue weighted by molar-refractivity contribution is 7.91. The third kappa shape index (κ3) is 8.78. The maximum atomic E-state index is 14.9. The number of hydrogen-bond donors (Lipinski definition) is 1. The van der Waals surface area contributed by atoms with Crippen LogP contribution in [0.4, 0.5) is 9.18 Å². The first-order valence-electron chi connectivity index (χ1n) is 19.8. The number of nitrogens with one attached hydrogen (secondary N) is 1. The SMILES string of the molecule is CC[C@@H]1CC(C)CC/C=C\[C@@H]2C[C@@]2(C(=O)NS(=O)(=O)C2(C)CC2)CC(=O)[C@@H]2C[C@@H](OC(=O)N3Cc4cccc(F)c4C3)CN2C(=O)[C@H]1CC(=O)OC(C)(C)C. The highest BCUT2D eigenvalue weighted by atomic mass is 32.2. The van der Waals surface area contributed by atoms with Gasteiger partial charge in [-0.15, -0.1) is 0 Å². The van der Waals surface area contributed by atoms with Gasteiger partial charge in [0, 0.05) is 24.9 Å². The van der Waals surface area contributed by atoms with Gasteiger partial charge in [-0.25, -0.2) is 17.6 Å². The first-order valence-corrected chi connectivity index (χ1v) is 21.2. The normalized spacial score (nSPS) is 31.3. The minimum atomic E-state index is -3.99. The van der Waals surface area contributed by atoms with Crippen LogP contribution in [0.3, 0.4) is 0 Å². The Hall–Kier alpha value is -3.81. The molecule has 1 saturated heterocycles. The second-order valence-corrected chi connectivity index (χ2v) is 20.1. The fourth-order valence-corrected chi connectivity index (χ4v) is 9.97. The highest BCUT2D eigenvalue weighted by Crippen LogP contribution is 2.57. The molecule has 12 nitrogen and oxygen atoms in total. The molecule has 302 valence electrons. The number of nitrogens with zero attached hydrogens (tertiary/aromatic N) is 2. The molecule has 1 unspecified atom stereocenters. The summed E-state index contributed by atoms with van der Waals surface area (Å²) in [6.45, 7) is 11.0. The van der Waals surface area contributed by atoms with Crippen molar-refractivity contribution in [2.75, 3.05) is 6.54 Å². The molecule has 3 aliphatic heterocycles. The van der Waals surface area contributed by atoms with Gasteiger partial charge in [-0.3, -0.25) is 28.8 Å². The summed E-state index contributed by atoms with van der Waals surface area (Å²) in [7, 11) is -3.99. The van der Waals surface area contributed by atoms with E-state index < -0.39 is 79.3 Å². The minimum absolute atomic E-state index is 0.0153. The van der Waals surface area contributed by atoms with E-state index in [1.54, 1.807) is 39.8 Å². The number of carbonyl (C=O) groups excluding carboxylic acids is 5. The van der Waals surface area contributed by atoms with Crippen molar-refractivity contribution >= 4 is 39.7 Å². The molecule has 3 heterocycles. The summed E-state index contributed by atoms with van der Waals surface area (Å²) in [6.07, 6.45) is 5.56. The predicted molar refractivity (Wildman–Crippen MR) is 201 cm³/mol. The molecule has 0 radical (unpaired) electrons. The van der Waals surface area contributed by atoms with Gasteiger partial charge in [0.2, 0.25) is 21.8 Å². The zero-order valence-electron chi connectivity index (χ0n) is 32.9. The molecule has 0 bridgehead atoms. The number of benzene rings is 1. The molecule has 0 aromatic heterocycles. The molecule has 2 aliphatic carbocycles. The van der Waals surface area contributed by atoms with Gasteiger partial charge in [-0.1, -0.05) is 44.6 Å². The zero-order valence-corrected chi connectivity index (χ0v) is 33.7. The van der Waals surface area contributed by atoms with Crippen LogP contribution in [0.5, 0.6) is 0 Å². The summed E-state index contributed by atoms with van der Waals surface area (Å²) in [4.78, 5) is 73.0. The second kappa shape index (κ2) is 15.3. The topological polar surface area (TPSA) is 156 Å². The molecule has 7 atom stereocenters. The molecule has 3 amide bonds. The molecular weight excluding hydrogens is 730 g/mol. The van der Waals surface area contributed by atoms with Gasteiger partial charge >= 0.3 is 12.1 Å². The molecule has 3 fully saturated rings. The summed E-state index contributed by atoms with van der Waals surface area (Å²) in [5.74, 6) is -3.82. The molecule has 14 heteroatoms. The molecule has 55 heavy (non-hydrogen) atoms. The van der Waals surface area contributed by atoms with Gasteiger partial charge in [0.25, 0.3) is 0 Å². The van der Waals surface area contributed by atoms with Crippen molar-refractivity contribution < 1.29 is 46.3 Å². The van der Waals surface area contributed by atoms with Gasteiger partial charge < -0.3 is 14.4 Å². The number of esters is 1. The van der Waals surface area contributed by atoms with Crippen LogP contribution in [0.25, 0.3) is 0 Å². The fraction of sp³-hybridized carbons (Fsp3) is 0.683. The average molecular weight is 786 g/mol. The monoisotopic (exact) mass is 785 g/mol. The zero-order chi connectivity index (χ0) is 40.1. The first kappa shape index (κ1) is 40.8. The van der Waals surface area contributed by atoms with Crippen LogP contribution in [-0.4, -0.2) is 76.9 Å². The number of ketones is 1. The number of halogens is 1. The van der Waals surface area contributed by atoms with Crippen molar-refractivity contribution in [1.82, 2.24) is 14.5 Å². The second-order valence-electron chi connectivity index (χ2n) is 17.9. The lowest BCUT2D eigenvalue weighted by Crippen LogP contribution is -2.48. The number of hydrogen-bond acceptors (Lipinski definition) is 9. The highest BCUT2D eigenvalue weighted by Gasteiger charge is 2.63. The molecule has 6 rings (SSSR count). The predicted octanol–water partition coefficient (Wildman–Crippen LogP) is 5.96. The van der Waals surface area contributed by atoms with Crippen molar-refractivity contribution in [3.8, 4) is 0 Å². The Kier molecular flexibility index (Phi) is 11.3. The van der Waals surface area contributed by atoms with Gasteiger partial charge in [-0.2, -0.15) is 0 Å². The van der Waals surface area contributed by atoms with Crippen LogP contribution >= 0.6 is 0 Å². The Labute approximate surface area is 324 Å². The Bertz CT molecular complexity index is 1850. The third-order valence-electron chi connectivity index (χ3n) is 12.4. The number of carbonyl (C=O) groups is 5. The Balaban J connectivity index is 1.31. The Morgan fingerprint density at radius 1 is 1.09 bits per heavy atom. The number of fused-ring (bicyclic) bond motifs is 3. The van der Waals surface area contributed by atoms with E-state index in [-0.39, 0.29) is 63.1 Å². The minimum Gasteiger partial charge on any atom is -0.460 e. The quantitative estimate of drug-likeness (QED) is 0.260. The van der Waals surface area contributed by atoms with Crippen molar-refractivity contribution in [1.29, 1.82) is 0 Å². The van der Waals surface area contributed by atoms with Crippen molar-refractivity contribution in [3.63, 3.8) is 0 Å². The van der Waals surface area contributed by atoms with Gasteiger partial charge in [0.1, 0.15) is 17.5 Å². The summed E-state index contributed by atoms with van der Waals surface area (Å²) in [6, 6.07) is 3.55. The van der Waals surface area contributed by atoms with E-state index in [1.165, 1.54) is 15.9 Å². The van der Waals surface area contributed by atoms with Crippen LogP contribution in [0.2, 0.25) is 0 Å². The molecular formula is C41H56FN3O9S. The van der Waals surface area contributed by atoms with Crippen LogP contribution in [-0.2, 0) is 51.8 Å². The Morgan fingerprint density at radius 3 is 2.47 bits per heavy atom. The number of rotatable bonds is 7. The van der Waals surface area contributed by atoms with E-state index in [0.717, 1.165) is 6.42 Å². The third-order valence-corrected chi connectivity index (χ3v) is 14.6. The lowest BCUT2D eigenvalue weighted by atomic mass is 9.79. The van der Waals surface area contributed by atoms with Gasteiger partial charge in [0.15, 0.2) is 5.78 Å². The number of amides is 3. The van der Waals surface area contributed by atoms with Crippen LogP contribution in [0.15, 0.2) is 30.4 Å². The summed E-state index contributed by atoms with van der Waals surface area (Å²) >= 11 is 0. The standard InChI is InChI=1S/C41H56FN3O9S/c1-7-26-17-25(2)11-8-9-13-28-20-41(28,37(49)43-55(51,52)40(6)15-16-40)21-34(46)33-18-29(23-45(33)36(48)30(26)19-35(47)54-39(3,4)5)53-38(50)44-22-27-12-10-14-32(42)31(27)24-44/h9-10,12-14,25-26,28-30,33H,7-8,11,15-24H2,1-6H3,(H,43,49)/b13-9-/t25?,26-,28-,29-,30+,33+,41-/m1/s1. The van der Waals surface area contributed by atoms with E-state index in [1.807, 2.05) is 19.1 Å². The smallest absolute Gasteiger partial charge is 0.410 e. The van der Waals surface area contributed by atoms with Crippen molar-refractivity contribution in [3.05, 3.63) is 47.3 Å².